The van der Waals surface area contributed by atoms with E-state index in [4.69, 9.17) is 0 Å². The van der Waals surface area contributed by atoms with Crippen LogP contribution in [0.15, 0.2) is 42.9 Å². The van der Waals surface area contributed by atoms with Crippen molar-refractivity contribution in [2.24, 2.45) is 0 Å². The molecule has 1 heterocycles. The molecule has 0 fully saturated rings. The molecule has 106 valence electrons. The van der Waals surface area contributed by atoms with Crippen molar-refractivity contribution in [2.75, 3.05) is 0 Å². The highest BCUT2D eigenvalue weighted by atomic mass is 16.3. The number of hydrogen-bond donors (Lipinski definition) is 3. The van der Waals surface area contributed by atoms with Gasteiger partial charge < -0.3 is 15.4 Å². The number of rotatable bonds is 6. The minimum Gasteiger partial charge on any atom is -0.391 e. The van der Waals surface area contributed by atoms with Crippen LogP contribution < -0.4 is 5.32 Å². The lowest BCUT2D eigenvalue weighted by Crippen LogP contribution is -2.42. The van der Waals surface area contributed by atoms with Gasteiger partial charge in [0, 0.05) is 6.20 Å². The van der Waals surface area contributed by atoms with Crippen LogP contribution in [-0.2, 0) is 6.42 Å². The molecular formula is C15H19N3O2. The summed E-state index contributed by atoms with van der Waals surface area (Å²) in [4.78, 5) is 18.6. The van der Waals surface area contributed by atoms with Gasteiger partial charge in [0.2, 0.25) is 0 Å². The van der Waals surface area contributed by atoms with Gasteiger partial charge in [-0.3, -0.25) is 4.79 Å². The zero-order valence-corrected chi connectivity index (χ0v) is 11.4. The topological polar surface area (TPSA) is 78.0 Å². The van der Waals surface area contributed by atoms with E-state index in [0.717, 1.165) is 6.42 Å². The van der Waals surface area contributed by atoms with E-state index in [1.165, 1.54) is 18.1 Å². The Balaban J connectivity index is 1.92. The molecule has 0 saturated carbocycles. The summed E-state index contributed by atoms with van der Waals surface area (Å²) < 4.78 is 0. The molecule has 2 aromatic rings. The van der Waals surface area contributed by atoms with E-state index in [0.29, 0.717) is 12.1 Å². The number of nitrogens with one attached hydrogen (secondary N) is 2. The fourth-order valence-electron chi connectivity index (χ4n) is 2.03. The molecule has 0 aliphatic carbocycles. The monoisotopic (exact) mass is 273 g/mol. The van der Waals surface area contributed by atoms with Crippen LogP contribution in [0.5, 0.6) is 0 Å². The van der Waals surface area contributed by atoms with Crippen molar-refractivity contribution in [3.8, 4) is 0 Å². The normalized spacial score (nSPS) is 13.7. The number of amides is 1. The molecule has 5 nitrogen and oxygen atoms in total. The molecule has 1 aromatic heterocycles. The van der Waals surface area contributed by atoms with Crippen molar-refractivity contribution in [1.82, 2.24) is 15.3 Å². The summed E-state index contributed by atoms with van der Waals surface area (Å²) >= 11 is 0. The van der Waals surface area contributed by atoms with Crippen molar-refractivity contribution in [3.05, 3.63) is 54.1 Å². The Morgan fingerprint density at radius 2 is 2.15 bits per heavy atom. The molecular weight excluding hydrogens is 254 g/mol. The van der Waals surface area contributed by atoms with E-state index in [2.05, 4.69) is 15.3 Å². The Labute approximate surface area is 118 Å². The maximum Gasteiger partial charge on any atom is 0.271 e. The van der Waals surface area contributed by atoms with Crippen molar-refractivity contribution in [2.45, 2.75) is 31.9 Å². The molecule has 5 heteroatoms. The van der Waals surface area contributed by atoms with E-state index >= 15 is 0 Å². The molecule has 0 aliphatic heterocycles. The molecule has 3 N–H and O–H groups in total. The minimum absolute atomic E-state index is 0.273. The fourth-order valence-corrected chi connectivity index (χ4v) is 2.03. The van der Waals surface area contributed by atoms with Crippen molar-refractivity contribution in [1.29, 1.82) is 0 Å². The number of benzene rings is 1. The number of aromatic amines is 1. The molecule has 1 amide bonds. The Hall–Kier alpha value is -2.14. The average Bonchev–Trinajstić information content (AvgIpc) is 2.98. The number of imidazole rings is 1. The predicted octanol–water partition coefficient (Wildman–Crippen LogP) is 1.52. The number of aliphatic hydroxyl groups excluding tert-OH is 1. The molecule has 20 heavy (non-hydrogen) atoms. The highest BCUT2D eigenvalue weighted by Crippen LogP contribution is 2.08. The lowest BCUT2D eigenvalue weighted by Gasteiger charge is -2.21. The quantitative estimate of drug-likeness (QED) is 0.746. The second-order valence-corrected chi connectivity index (χ2v) is 4.80. The lowest BCUT2D eigenvalue weighted by molar-refractivity contribution is 0.0846. The van der Waals surface area contributed by atoms with Crippen LogP contribution in [0.25, 0.3) is 0 Å². The lowest BCUT2D eigenvalue weighted by atomic mass is 10.0. The Kier molecular flexibility index (Phi) is 4.90. The van der Waals surface area contributed by atoms with Crippen LogP contribution in [-0.4, -0.2) is 33.1 Å². The van der Waals surface area contributed by atoms with Gasteiger partial charge in [-0.15, -0.1) is 0 Å². The first kappa shape index (κ1) is 14.3. The van der Waals surface area contributed by atoms with Gasteiger partial charge in [-0.25, -0.2) is 4.98 Å². The number of aromatic nitrogens is 2. The van der Waals surface area contributed by atoms with Gasteiger partial charge in [0.25, 0.3) is 5.91 Å². The second kappa shape index (κ2) is 6.86. The van der Waals surface area contributed by atoms with E-state index in [1.54, 1.807) is 6.92 Å². The summed E-state index contributed by atoms with van der Waals surface area (Å²) in [6.07, 6.45) is 3.86. The third-order valence-corrected chi connectivity index (χ3v) is 3.22. The van der Waals surface area contributed by atoms with Gasteiger partial charge in [0.1, 0.15) is 5.69 Å². The minimum atomic E-state index is -0.610. The van der Waals surface area contributed by atoms with Crippen LogP contribution in [0, 0.1) is 0 Å². The fraction of sp³-hybridized carbons (Fsp3) is 0.333. The second-order valence-electron chi connectivity index (χ2n) is 4.80. The van der Waals surface area contributed by atoms with Gasteiger partial charge in [-0.2, -0.15) is 0 Å². The number of aryl methyl sites for hydroxylation is 1. The van der Waals surface area contributed by atoms with E-state index < -0.39 is 6.10 Å². The molecule has 0 aliphatic rings. The number of aliphatic hydroxyl groups is 1. The summed E-state index contributed by atoms with van der Waals surface area (Å²) in [5, 5.41) is 12.6. The standard InChI is InChI=1S/C15H19N3O2/c1-11(19)13(8-7-12-5-3-2-4-6-12)18-15(20)14-9-16-10-17-14/h2-6,9-11,13,19H,7-8H2,1H3,(H,16,17)(H,18,20)/t11-,13?/m0/s1. The van der Waals surface area contributed by atoms with Gasteiger partial charge in [-0.1, -0.05) is 30.3 Å². The molecule has 1 unspecified atom stereocenters. The number of carbonyl (C=O) groups excluding carboxylic acids is 1. The first-order chi connectivity index (χ1) is 9.66. The summed E-state index contributed by atoms with van der Waals surface area (Å²) in [6.45, 7) is 1.68. The van der Waals surface area contributed by atoms with Crippen LogP contribution >= 0.6 is 0 Å². The number of carbonyl (C=O) groups is 1. The van der Waals surface area contributed by atoms with Gasteiger partial charge in [0.05, 0.1) is 18.5 Å². The van der Waals surface area contributed by atoms with Crippen molar-refractivity contribution >= 4 is 5.91 Å². The van der Waals surface area contributed by atoms with Crippen LogP contribution in [0.3, 0.4) is 0 Å². The maximum absolute atomic E-state index is 11.9. The molecule has 0 radical (unpaired) electrons. The van der Waals surface area contributed by atoms with Crippen LogP contribution in [0.2, 0.25) is 0 Å². The molecule has 0 saturated heterocycles. The van der Waals surface area contributed by atoms with E-state index in [-0.39, 0.29) is 11.9 Å². The Morgan fingerprint density at radius 3 is 2.75 bits per heavy atom. The third-order valence-electron chi connectivity index (χ3n) is 3.22. The first-order valence-electron chi connectivity index (χ1n) is 6.68. The third kappa shape index (κ3) is 3.93. The maximum atomic E-state index is 11.9. The van der Waals surface area contributed by atoms with Crippen molar-refractivity contribution < 1.29 is 9.90 Å². The van der Waals surface area contributed by atoms with Gasteiger partial charge in [-0.05, 0) is 25.3 Å². The molecule has 2 atom stereocenters. The van der Waals surface area contributed by atoms with Gasteiger partial charge >= 0.3 is 0 Å². The summed E-state index contributed by atoms with van der Waals surface area (Å²) in [5.74, 6) is -0.273. The number of hydrogen-bond acceptors (Lipinski definition) is 3. The Morgan fingerprint density at radius 1 is 1.40 bits per heavy atom. The number of nitrogens with zero attached hydrogens (tertiary/aromatic N) is 1. The van der Waals surface area contributed by atoms with Crippen LogP contribution in [0.1, 0.15) is 29.4 Å². The average molecular weight is 273 g/mol. The molecule has 1 aromatic carbocycles. The van der Waals surface area contributed by atoms with E-state index in [9.17, 15) is 9.90 Å². The van der Waals surface area contributed by atoms with Crippen LogP contribution in [0.4, 0.5) is 0 Å². The van der Waals surface area contributed by atoms with Gasteiger partial charge in [0.15, 0.2) is 0 Å². The molecule has 0 spiro atoms. The smallest absolute Gasteiger partial charge is 0.271 e. The Bertz CT molecular complexity index is 523. The van der Waals surface area contributed by atoms with Crippen molar-refractivity contribution in [3.63, 3.8) is 0 Å². The predicted molar refractivity (Wildman–Crippen MR) is 76.3 cm³/mol. The zero-order chi connectivity index (χ0) is 14.4. The molecule has 0 bridgehead atoms. The summed E-state index contributed by atoms with van der Waals surface area (Å²) in [6, 6.07) is 9.71. The zero-order valence-electron chi connectivity index (χ0n) is 11.4. The molecule has 2 rings (SSSR count). The number of H-pyrrole nitrogens is 1. The first-order valence-corrected chi connectivity index (χ1v) is 6.68. The highest BCUT2D eigenvalue weighted by Gasteiger charge is 2.19. The largest absolute Gasteiger partial charge is 0.391 e. The summed E-state index contributed by atoms with van der Waals surface area (Å²) in [5.41, 5.74) is 1.52. The SMILES string of the molecule is C[C@H](O)C(CCc1ccccc1)NC(=O)c1c[nH]cn1. The van der Waals surface area contributed by atoms with E-state index in [1.807, 2.05) is 30.3 Å². The summed E-state index contributed by atoms with van der Waals surface area (Å²) in [7, 11) is 0. The highest BCUT2D eigenvalue weighted by molar-refractivity contribution is 5.92.